The Morgan fingerprint density at radius 3 is 2.43 bits per heavy atom. The SMILES string of the molecule is NC(=S)c1ccnc(NCc2ccc(C(F)(F)F)cc2)c1. The third kappa shape index (κ3) is 4.16. The van der Waals surface area contributed by atoms with Crippen LogP contribution in [0.5, 0.6) is 0 Å². The normalized spacial score (nSPS) is 11.2. The van der Waals surface area contributed by atoms with Gasteiger partial charge in [0.05, 0.1) is 5.56 Å². The molecule has 0 bridgehead atoms. The molecule has 3 nitrogen and oxygen atoms in total. The largest absolute Gasteiger partial charge is 0.416 e. The van der Waals surface area contributed by atoms with Gasteiger partial charge in [0.2, 0.25) is 0 Å². The van der Waals surface area contributed by atoms with Crippen LogP contribution in [0.25, 0.3) is 0 Å². The molecule has 0 fully saturated rings. The first-order chi connectivity index (χ1) is 9.86. The molecule has 21 heavy (non-hydrogen) atoms. The zero-order valence-electron chi connectivity index (χ0n) is 10.8. The van der Waals surface area contributed by atoms with E-state index in [1.165, 1.54) is 12.1 Å². The van der Waals surface area contributed by atoms with Gasteiger partial charge in [-0.3, -0.25) is 0 Å². The summed E-state index contributed by atoms with van der Waals surface area (Å²) < 4.78 is 37.3. The molecular weight excluding hydrogens is 299 g/mol. The molecule has 0 atom stereocenters. The first-order valence-corrected chi connectivity index (χ1v) is 6.43. The van der Waals surface area contributed by atoms with E-state index < -0.39 is 11.7 Å². The number of aromatic nitrogens is 1. The van der Waals surface area contributed by atoms with E-state index >= 15 is 0 Å². The van der Waals surface area contributed by atoms with E-state index in [1.807, 2.05) is 0 Å². The van der Waals surface area contributed by atoms with E-state index in [0.717, 1.165) is 12.1 Å². The highest BCUT2D eigenvalue weighted by Crippen LogP contribution is 2.29. The quantitative estimate of drug-likeness (QED) is 0.850. The van der Waals surface area contributed by atoms with Crippen LogP contribution in [0, 0.1) is 0 Å². The maximum absolute atomic E-state index is 12.4. The van der Waals surface area contributed by atoms with Gasteiger partial charge in [0.15, 0.2) is 0 Å². The Bertz CT molecular complexity index is 639. The van der Waals surface area contributed by atoms with Gasteiger partial charge in [-0.1, -0.05) is 24.4 Å². The molecule has 2 aromatic rings. The van der Waals surface area contributed by atoms with Crippen molar-refractivity contribution in [3.05, 3.63) is 59.3 Å². The van der Waals surface area contributed by atoms with Crippen LogP contribution in [-0.4, -0.2) is 9.97 Å². The average molecular weight is 311 g/mol. The van der Waals surface area contributed by atoms with E-state index in [-0.39, 0.29) is 4.99 Å². The van der Waals surface area contributed by atoms with Gasteiger partial charge in [-0.25, -0.2) is 4.98 Å². The Hall–Kier alpha value is -2.15. The summed E-state index contributed by atoms with van der Waals surface area (Å²) in [6.07, 6.45) is -2.76. The highest BCUT2D eigenvalue weighted by atomic mass is 32.1. The van der Waals surface area contributed by atoms with Crippen LogP contribution in [0.2, 0.25) is 0 Å². The van der Waals surface area contributed by atoms with E-state index in [4.69, 9.17) is 18.0 Å². The van der Waals surface area contributed by atoms with Crippen LogP contribution < -0.4 is 11.1 Å². The Balaban J connectivity index is 2.03. The van der Waals surface area contributed by atoms with Crippen LogP contribution >= 0.6 is 12.2 Å². The van der Waals surface area contributed by atoms with E-state index in [1.54, 1.807) is 18.3 Å². The Kier molecular flexibility index (Phi) is 4.42. The fourth-order valence-corrected chi connectivity index (χ4v) is 1.81. The predicted molar refractivity (Wildman–Crippen MR) is 78.9 cm³/mol. The number of nitrogens with zero attached hydrogens (tertiary/aromatic N) is 1. The molecule has 0 saturated carbocycles. The van der Waals surface area contributed by atoms with Crippen molar-refractivity contribution in [2.24, 2.45) is 5.73 Å². The van der Waals surface area contributed by atoms with Crippen molar-refractivity contribution in [2.75, 3.05) is 5.32 Å². The van der Waals surface area contributed by atoms with Gasteiger partial charge >= 0.3 is 6.18 Å². The van der Waals surface area contributed by atoms with Crippen molar-refractivity contribution in [3.8, 4) is 0 Å². The van der Waals surface area contributed by atoms with Gasteiger partial charge < -0.3 is 11.1 Å². The summed E-state index contributed by atoms with van der Waals surface area (Å²) in [6, 6.07) is 8.32. The summed E-state index contributed by atoms with van der Waals surface area (Å²) in [6.45, 7) is 0.353. The molecule has 0 spiro atoms. The fourth-order valence-electron chi connectivity index (χ4n) is 1.68. The van der Waals surface area contributed by atoms with E-state index in [0.29, 0.717) is 23.5 Å². The zero-order chi connectivity index (χ0) is 15.5. The van der Waals surface area contributed by atoms with Gasteiger partial charge in [0.1, 0.15) is 10.8 Å². The van der Waals surface area contributed by atoms with Gasteiger partial charge in [-0.15, -0.1) is 0 Å². The van der Waals surface area contributed by atoms with Crippen molar-refractivity contribution in [3.63, 3.8) is 0 Å². The maximum Gasteiger partial charge on any atom is 0.416 e. The molecule has 7 heteroatoms. The number of anilines is 1. The molecule has 3 N–H and O–H groups in total. The number of nitrogens with two attached hydrogens (primary N) is 1. The minimum absolute atomic E-state index is 0.259. The summed E-state index contributed by atoms with van der Waals surface area (Å²) in [5.41, 5.74) is 6.24. The summed E-state index contributed by atoms with van der Waals surface area (Å²) in [5, 5.41) is 3.01. The third-order valence-corrected chi connectivity index (χ3v) is 3.04. The average Bonchev–Trinajstić information content (AvgIpc) is 2.45. The van der Waals surface area contributed by atoms with Crippen LogP contribution in [0.3, 0.4) is 0 Å². The number of nitrogens with one attached hydrogen (secondary N) is 1. The molecule has 1 heterocycles. The van der Waals surface area contributed by atoms with Gasteiger partial charge in [-0.05, 0) is 29.8 Å². The second kappa shape index (κ2) is 6.09. The van der Waals surface area contributed by atoms with Crippen molar-refractivity contribution in [1.82, 2.24) is 4.98 Å². The number of halogens is 3. The second-order valence-electron chi connectivity index (χ2n) is 4.34. The molecular formula is C14H12F3N3S. The Labute approximate surface area is 125 Å². The molecule has 0 amide bonds. The Morgan fingerprint density at radius 2 is 1.86 bits per heavy atom. The topological polar surface area (TPSA) is 50.9 Å². The van der Waals surface area contributed by atoms with Crippen molar-refractivity contribution >= 4 is 23.0 Å². The lowest BCUT2D eigenvalue weighted by atomic mass is 10.1. The number of benzene rings is 1. The summed E-state index contributed by atoms with van der Waals surface area (Å²) in [7, 11) is 0. The maximum atomic E-state index is 12.4. The highest BCUT2D eigenvalue weighted by Gasteiger charge is 2.29. The van der Waals surface area contributed by atoms with Crippen LogP contribution in [0.1, 0.15) is 16.7 Å². The molecule has 110 valence electrons. The lowest BCUT2D eigenvalue weighted by Crippen LogP contribution is -2.10. The zero-order valence-corrected chi connectivity index (χ0v) is 11.6. The summed E-state index contributed by atoms with van der Waals surface area (Å²) in [4.78, 5) is 4.35. The fraction of sp³-hybridized carbons (Fsp3) is 0.143. The van der Waals surface area contributed by atoms with Gasteiger partial charge in [-0.2, -0.15) is 13.2 Å². The molecule has 0 radical (unpaired) electrons. The number of hydrogen-bond acceptors (Lipinski definition) is 3. The summed E-state index contributed by atoms with van der Waals surface area (Å²) >= 11 is 4.86. The Morgan fingerprint density at radius 1 is 1.19 bits per heavy atom. The molecule has 0 aliphatic carbocycles. The highest BCUT2D eigenvalue weighted by molar-refractivity contribution is 7.80. The standard InChI is InChI=1S/C14H12F3N3S/c15-14(16,17)11-3-1-9(2-4-11)8-20-12-7-10(13(18)21)5-6-19-12/h1-7H,8H2,(H2,18,21)(H,19,20). The predicted octanol–water partition coefficient (Wildman–Crippen LogP) is 3.35. The number of thiocarbonyl (C=S) groups is 1. The molecule has 1 aromatic heterocycles. The van der Waals surface area contributed by atoms with E-state index in [9.17, 15) is 13.2 Å². The minimum atomic E-state index is -4.32. The number of hydrogen-bond donors (Lipinski definition) is 2. The third-order valence-electron chi connectivity index (χ3n) is 2.80. The lowest BCUT2D eigenvalue weighted by molar-refractivity contribution is -0.137. The molecule has 2 rings (SSSR count). The first-order valence-electron chi connectivity index (χ1n) is 6.02. The second-order valence-corrected chi connectivity index (χ2v) is 4.78. The van der Waals surface area contributed by atoms with Crippen LogP contribution in [-0.2, 0) is 12.7 Å². The van der Waals surface area contributed by atoms with Crippen molar-refractivity contribution in [2.45, 2.75) is 12.7 Å². The number of alkyl halides is 3. The molecule has 0 saturated heterocycles. The smallest absolute Gasteiger partial charge is 0.389 e. The minimum Gasteiger partial charge on any atom is -0.389 e. The molecule has 0 aliphatic heterocycles. The number of rotatable bonds is 4. The summed E-state index contributed by atoms with van der Waals surface area (Å²) in [5.74, 6) is 0.556. The molecule has 0 aliphatic rings. The lowest BCUT2D eigenvalue weighted by Gasteiger charge is -2.09. The van der Waals surface area contributed by atoms with Gasteiger partial charge in [0.25, 0.3) is 0 Å². The van der Waals surface area contributed by atoms with Crippen LogP contribution in [0.4, 0.5) is 19.0 Å². The first kappa shape index (κ1) is 15.2. The number of pyridine rings is 1. The van der Waals surface area contributed by atoms with Crippen molar-refractivity contribution in [1.29, 1.82) is 0 Å². The van der Waals surface area contributed by atoms with Crippen molar-refractivity contribution < 1.29 is 13.2 Å². The monoisotopic (exact) mass is 311 g/mol. The molecule has 0 unspecified atom stereocenters. The molecule has 1 aromatic carbocycles. The van der Waals surface area contributed by atoms with Gasteiger partial charge in [0, 0.05) is 18.3 Å². The van der Waals surface area contributed by atoms with Crippen LogP contribution in [0.15, 0.2) is 42.6 Å². The van der Waals surface area contributed by atoms with E-state index in [2.05, 4.69) is 10.3 Å².